The molecule has 0 aliphatic heterocycles. The van der Waals surface area contributed by atoms with Crippen LogP contribution in [0.4, 0.5) is 0 Å². The van der Waals surface area contributed by atoms with Gasteiger partial charge in [0.25, 0.3) is 0 Å². The van der Waals surface area contributed by atoms with E-state index in [1.807, 2.05) is 0 Å². The van der Waals surface area contributed by atoms with Gasteiger partial charge < -0.3 is 5.32 Å². The Kier molecular flexibility index (Phi) is 4.82. The first-order valence-electron chi connectivity index (χ1n) is 7.59. The number of aryl methyl sites for hydroxylation is 2. The Hall–Kier alpha value is -0.820. The minimum absolute atomic E-state index is 0.569. The molecule has 1 aromatic rings. The molecule has 1 aromatic carbocycles. The molecule has 0 saturated heterocycles. The summed E-state index contributed by atoms with van der Waals surface area (Å²) in [5.74, 6) is 0.830. The van der Waals surface area contributed by atoms with E-state index in [2.05, 4.69) is 44.3 Å². The minimum atomic E-state index is 0.569. The first-order chi connectivity index (χ1) is 8.74. The minimum Gasteiger partial charge on any atom is -0.310 e. The average Bonchev–Trinajstić information content (AvgIpc) is 2.51. The van der Waals surface area contributed by atoms with Gasteiger partial charge in [0.15, 0.2) is 0 Å². The second kappa shape index (κ2) is 6.38. The molecule has 2 unspecified atom stereocenters. The molecule has 0 amide bonds. The number of benzene rings is 1. The molecular formula is C17H27N. The van der Waals surface area contributed by atoms with Crippen molar-refractivity contribution in [1.29, 1.82) is 0 Å². The Morgan fingerprint density at radius 3 is 2.83 bits per heavy atom. The molecule has 1 heteroatoms. The number of rotatable bonds is 4. The molecule has 0 bridgehead atoms. The van der Waals surface area contributed by atoms with Crippen LogP contribution in [-0.2, 0) is 12.8 Å². The molecule has 100 valence electrons. The van der Waals surface area contributed by atoms with Crippen LogP contribution in [0.3, 0.4) is 0 Å². The zero-order chi connectivity index (χ0) is 13.0. The van der Waals surface area contributed by atoms with Crippen LogP contribution >= 0.6 is 0 Å². The maximum atomic E-state index is 3.68. The fourth-order valence-corrected chi connectivity index (χ4v) is 3.13. The van der Waals surface area contributed by atoms with Crippen molar-refractivity contribution in [3.05, 3.63) is 34.9 Å². The van der Waals surface area contributed by atoms with Gasteiger partial charge in [-0.25, -0.2) is 0 Å². The highest BCUT2D eigenvalue weighted by atomic mass is 14.9. The van der Waals surface area contributed by atoms with Crippen molar-refractivity contribution in [2.45, 2.75) is 58.9 Å². The van der Waals surface area contributed by atoms with Crippen LogP contribution in [-0.4, -0.2) is 6.54 Å². The largest absolute Gasteiger partial charge is 0.310 e. The molecular weight excluding hydrogens is 218 g/mol. The molecule has 0 radical (unpaired) electrons. The molecule has 2 atom stereocenters. The lowest BCUT2D eigenvalue weighted by atomic mass is 9.94. The van der Waals surface area contributed by atoms with E-state index in [4.69, 9.17) is 0 Å². The number of nitrogens with one attached hydrogen (secondary N) is 1. The van der Waals surface area contributed by atoms with Gasteiger partial charge in [0, 0.05) is 6.04 Å². The van der Waals surface area contributed by atoms with Gasteiger partial charge in [-0.05, 0) is 54.8 Å². The van der Waals surface area contributed by atoms with Gasteiger partial charge in [-0.3, -0.25) is 0 Å². The smallest absolute Gasteiger partial charge is 0.0325 e. The molecule has 1 aliphatic carbocycles. The summed E-state index contributed by atoms with van der Waals surface area (Å²) < 4.78 is 0. The Bertz CT molecular complexity index is 383. The molecule has 0 saturated carbocycles. The van der Waals surface area contributed by atoms with Crippen LogP contribution in [0, 0.1) is 5.92 Å². The second-order valence-electron chi connectivity index (χ2n) is 5.77. The maximum absolute atomic E-state index is 3.68. The van der Waals surface area contributed by atoms with E-state index >= 15 is 0 Å². The summed E-state index contributed by atoms with van der Waals surface area (Å²) >= 11 is 0. The Labute approximate surface area is 112 Å². The van der Waals surface area contributed by atoms with E-state index in [0.717, 1.165) is 12.5 Å². The average molecular weight is 245 g/mol. The van der Waals surface area contributed by atoms with Gasteiger partial charge in [0.2, 0.25) is 0 Å². The van der Waals surface area contributed by atoms with Crippen LogP contribution in [0.2, 0.25) is 0 Å². The molecule has 2 rings (SSSR count). The van der Waals surface area contributed by atoms with Crippen molar-refractivity contribution in [2.75, 3.05) is 6.54 Å². The van der Waals surface area contributed by atoms with Crippen LogP contribution in [0.15, 0.2) is 18.2 Å². The number of hydrogen-bond acceptors (Lipinski definition) is 1. The predicted octanol–water partition coefficient (Wildman–Crippen LogP) is 4.26. The van der Waals surface area contributed by atoms with Crippen LogP contribution in [0.1, 0.15) is 62.8 Å². The molecule has 0 fully saturated rings. The van der Waals surface area contributed by atoms with Gasteiger partial charge in [0.1, 0.15) is 0 Å². The third kappa shape index (κ3) is 3.14. The molecule has 1 N–H and O–H groups in total. The van der Waals surface area contributed by atoms with E-state index in [1.165, 1.54) is 37.7 Å². The van der Waals surface area contributed by atoms with Gasteiger partial charge in [0.05, 0.1) is 0 Å². The van der Waals surface area contributed by atoms with E-state index in [1.54, 1.807) is 11.1 Å². The predicted molar refractivity (Wildman–Crippen MR) is 79.0 cm³/mol. The van der Waals surface area contributed by atoms with Gasteiger partial charge in [-0.15, -0.1) is 0 Å². The topological polar surface area (TPSA) is 12.0 Å². The summed E-state index contributed by atoms with van der Waals surface area (Å²) in [7, 11) is 0. The van der Waals surface area contributed by atoms with Crippen LogP contribution < -0.4 is 5.32 Å². The summed E-state index contributed by atoms with van der Waals surface area (Å²) in [5, 5.41) is 3.68. The van der Waals surface area contributed by atoms with E-state index in [9.17, 15) is 0 Å². The standard InChI is InChI=1S/C17H27N/c1-4-6-14-8-10-15-9-7-13(3)11-17(18-5-2)16(15)12-14/h8,10,12-13,17-18H,4-7,9,11H2,1-3H3. The van der Waals surface area contributed by atoms with Crippen molar-refractivity contribution >= 4 is 0 Å². The first kappa shape index (κ1) is 13.6. The van der Waals surface area contributed by atoms with E-state index in [0.29, 0.717) is 6.04 Å². The highest BCUT2D eigenvalue weighted by molar-refractivity contribution is 5.35. The summed E-state index contributed by atoms with van der Waals surface area (Å²) in [6.07, 6.45) is 6.33. The normalized spacial score (nSPS) is 23.5. The zero-order valence-electron chi connectivity index (χ0n) is 12.1. The summed E-state index contributed by atoms with van der Waals surface area (Å²) in [4.78, 5) is 0. The van der Waals surface area contributed by atoms with Crippen LogP contribution in [0.25, 0.3) is 0 Å². The fourth-order valence-electron chi connectivity index (χ4n) is 3.13. The van der Waals surface area contributed by atoms with Crippen molar-refractivity contribution in [1.82, 2.24) is 5.32 Å². The first-order valence-corrected chi connectivity index (χ1v) is 7.59. The molecule has 0 aromatic heterocycles. The lowest BCUT2D eigenvalue weighted by Crippen LogP contribution is -2.22. The summed E-state index contributed by atoms with van der Waals surface area (Å²) in [6.45, 7) is 7.93. The monoisotopic (exact) mass is 245 g/mol. The Morgan fingerprint density at radius 1 is 1.28 bits per heavy atom. The van der Waals surface area contributed by atoms with E-state index in [-0.39, 0.29) is 0 Å². The fraction of sp³-hybridized carbons (Fsp3) is 0.647. The second-order valence-corrected chi connectivity index (χ2v) is 5.77. The summed E-state index contributed by atoms with van der Waals surface area (Å²) in [6, 6.07) is 7.74. The summed E-state index contributed by atoms with van der Waals surface area (Å²) in [5.41, 5.74) is 4.66. The molecule has 1 aliphatic rings. The van der Waals surface area contributed by atoms with Gasteiger partial charge >= 0.3 is 0 Å². The third-order valence-corrected chi connectivity index (χ3v) is 4.12. The Morgan fingerprint density at radius 2 is 2.11 bits per heavy atom. The number of fused-ring (bicyclic) bond motifs is 1. The Balaban J connectivity index is 2.30. The highest BCUT2D eigenvalue weighted by Gasteiger charge is 2.21. The van der Waals surface area contributed by atoms with Crippen molar-refractivity contribution in [2.24, 2.45) is 5.92 Å². The van der Waals surface area contributed by atoms with Crippen LogP contribution in [0.5, 0.6) is 0 Å². The molecule has 1 nitrogen and oxygen atoms in total. The van der Waals surface area contributed by atoms with Crippen molar-refractivity contribution in [3.8, 4) is 0 Å². The highest BCUT2D eigenvalue weighted by Crippen LogP contribution is 2.32. The molecule has 0 heterocycles. The molecule has 0 spiro atoms. The lowest BCUT2D eigenvalue weighted by molar-refractivity contribution is 0.414. The van der Waals surface area contributed by atoms with Gasteiger partial charge in [-0.2, -0.15) is 0 Å². The molecule has 18 heavy (non-hydrogen) atoms. The quantitative estimate of drug-likeness (QED) is 0.781. The lowest BCUT2D eigenvalue weighted by Gasteiger charge is -2.21. The SMILES string of the molecule is CCCc1ccc2c(c1)C(NCC)CC(C)CC2. The van der Waals surface area contributed by atoms with E-state index < -0.39 is 0 Å². The van der Waals surface area contributed by atoms with Gasteiger partial charge in [-0.1, -0.05) is 45.4 Å². The van der Waals surface area contributed by atoms with Crippen molar-refractivity contribution < 1.29 is 0 Å². The van der Waals surface area contributed by atoms with Crippen molar-refractivity contribution in [3.63, 3.8) is 0 Å². The number of hydrogen-bond donors (Lipinski definition) is 1. The zero-order valence-corrected chi connectivity index (χ0v) is 12.1. The third-order valence-electron chi connectivity index (χ3n) is 4.12. The maximum Gasteiger partial charge on any atom is 0.0325 e.